The molecule has 37 heavy (non-hydrogen) atoms. The van der Waals surface area contributed by atoms with Crippen LogP contribution in [0.3, 0.4) is 0 Å². The molecule has 4 saturated heterocycles. The van der Waals surface area contributed by atoms with Gasteiger partial charge in [-0.15, -0.1) is 0 Å². The first-order valence-corrected chi connectivity index (χ1v) is 13.0. The highest BCUT2D eigenvalue weighted by molar-refractivity contribution is 6.20. The Hall–Kier alpha value is -3.14. The van der Waals surface area contributed by atoms with Crippen LogP contribution in [0.15, 0.2) is 48.1 Å². The number of hydrogen-bond donors (Lipinski definition) is 1. The molecule has 1 aromatic carbocycles. The summed E-state index contributed by atoms with van der Waals surface area (Å²) < 4.78 is 12.1. The van der Waals surface area contributed by atoms with Crippen LogP contribution < -0.4 is 5.32 Å². The fourth-order valence-electron chi connectivity index (χ4n) is 6.22. The number of likely N-dealkylation sites (tertiary alicyclic amines) is 2. The van der Waals surface area contributed by atoms with E-state index in [1.54, 1.807) is 25.2 Å². The van der Waals surface area contributed by atoms with Crippen LogP contribution in [0.25, 0.3) is 0 Å². The molecule has 0 saturated carbocycles. The molecule has 5 atom stereocenters. The number of imide groups is 2. The Morgan fingerprint density at radius 2 is 1.73 bits per heavy atom. The summed E-state index contributed by atoms with van der Waals surface area (Å²) in [4.78, 5) is 54.2. The molecule has 9 nitrogen and oxygen atoms in total. The molecule has 5 unspecified atom stereocenters. The second-order valence-corrected chi connectivity index (χ2v) is 10.8. The zero-order valence-corrected chi connectivity index (χ0v) is 20.9. The summed E-state index contributed by atoms with van der Waals surface area (Å²) in [6, 6.07) is 7.29. The van der Waals surface area contributed by atoms with E-state index in [-0.39, 0.29) is 19.4 Å². The summed E-state index contributed by atoms with van der Waals surface area (Å²) in [6.45, 7) is 4.82. The normalized spacial score (nSPS) is 33.5. The molecular weight excluding hydrogens is 474 g/mol. The smallest absolute Gasteiger partial charge is 0.258 e. The number of benzene rings is 1. The fraction of sp³-hybridized carbons (Fsp3) is 0.500. The van der Waals surface area contributed by atoms with E-state index in [1.165, 1.54) is 5.56 Å². The third-order valence-corrected chi connectivity index (χ3v) is 8.29. The van der Waals surface area contributed by atoms with Crippen LogP contribution in [0, 0.1) is 5.41 Å². The SMILES string of the molecule is CC12C(=O)N(C3CCC(=O)NC3=O)C(=O)C1=CC=CC2OCc1ccc(CN2CC3CCC(C2)O3)cc1. The van der Waals surface area contributed by atoms with E-state index in [0.717, 1.165) is 42.9 Å². The van der Waals surface area contributed by atoms with E-state index in [4.69, 9.17) is 9.47 Å². The summed E-state index contributed by atoms with van der Waals surface area (Å²) in [7, 11) is 0. The number of amides is 4. The Balaban J connectivity index is 1.11. The maximum absolute atomic E-state index is 13.6. The van der Waals surface area contributed by atoms with Crippen LogP contribution in [-0.2, 0) is 41.8 Å². The lowest BCUT2D eigenvalue weighted by atomic mass is 9.75. The van der Waals surface area contributed by atoms with Crippen molar-refractivity contribution in [2.75, 3.05) is 13.1 Å². The number of nitrogens with one attached hydrogen (secondary N) is 1. The van der Waals surface area contributed by atoms with Gasteiger partial charge in [-0.25, -0.2) is 0 Å². The molecule has 2 bridgehead atoms. The van der Waals surface area contributed by atoms with Crippen LogP contribution >= 0.6 is 0 Å². The highest BCUT2D eigenvalue weighted by Crippen LogP contribution is 2.46. The molecule has 4 heterocycles. The van der Waals surface area contributed by atoms with Crippen molar-refractivity contribution in [1.29, 1.82) is 0 Å². The van der Waals surface area contributed by atoms with Gasteiger partial charge in [0.2, 0.25) is 17.7 Å². The summed E-state index contributed by atoms with van der Waals surface area (Å²) in [5.74, 6) is -1.98. The molecule has 4 fully saturated rings. The van der Waals surface area contributed by atoms with Crippen molar-refractivity contribution in [1.82, 2.24) is 15.1 Å². The maximum atomic E-state index is 13.6. The van der Waals surface area contributed by atoms with Gasteiger partial charge in [-0.3, -0.25) is 34.3 Å². The van der Waals surface area contributed by atoms with Crippen molar-refractivity contribution >= 4 is 23.6 Å². The Bertz CT molecular complexity index is 1190. The summed E-state index contributed by atoms with van der Waals surface area (Å²) >= 11 is 0. The molecule has 0 aromatic heterocycles. The van der Waals surface area contributed by atoms with E-state index in [0.29, 0.717) is 17.8 Å². The van der Waals surface area contributed by atoms with E-state index >= 15 is 0 Å². The number of rotatable bonds is 6. The van der Waals surface area contributed by atoms with Crippen molar-refractivity contribution in [3.8, 4) is 0 Å². The van der Waals surface area contributed by atoms with Gasteiger partial charge in [0.1, 0.15) is 11.5 Å². The molecule has 9 heteroatoms. The number of fused-ring (bicyclic) bond motifs is 3. The Labute approximate surface area is 215 Å². The van der Waals surface area contributed by atoms with E-state index in [2.05, 4.69) is 22.3 Å². The second kappa shape index (κ2) is 9.31. The van der Waals surface area contributed by atoms with Gasteiger partial charge in [0.25, 0.3) is 5.91 Å². The Morgan fingerprint density at radius 1 is 1.03 bits per heavy atom. The number of allylic oxidation sites excluding steroid dienone is 2. The third kappa shape index (κ3) is 4.24. The van der Waals surface area contributed by atoms with Crippen molar-refractivity contribution in [2.45, 2.75) is 70.1 Å². The molecule has 1 aromatic rings. The van der Waals surface area contributed by atoms with E-state index in [1.807, 2.05) is 12.1 Å². The fourth-order valence-corrected chi connectivity index (χ4v) is 6.22. The van der Waals surface area contributed by atoms with Gasteiger partial charge in [0.05, 0.1) is 24.9 Å². The van der Waals surface area contributed by atoms with Crippen LogP contribution in [0.1, 0.15) is 43.7 Å². The molecule has 5 aliphatic rings. The number of hydrogen-bond acceptors (Lipinski definition) is 7. The summed E-state index contributed by atoms with van der Waals surface area (Å²) in [5, 5.41) is 2.24. The second-order valence-electron chi connectivity index (χ2n) is 10.8. The predicted octanol–water partition coefficient (Wildman–Crippen LogP) is 1.61. The molecule has 1 N–H and O–H groups in total. The van der Waals surface area contributed by atoms with Gasteiger partial charge in [0.15, 0.2) is 0 Å². The first-order chi connectivity index (χ1) is 17.8. The molecule has 4 amide bonds. The minimum absolute atomic E-state index is 0.0874. The Kier molecular flexibility index (Phi) is 6.09. The monoisotopic (exact) mass is 505 g/mol. The predicted molar refractivity (Wildman–Crippen MR) is 132 cm³/mol. The van der Waals surface area contributed by atoms with Crippen molar-refractivity contribution in [3.63, 3.8) is 0 Å². The third-order valence-electron chi connectivity index (χ3n) is 8.29. The van der Waals surface area contributed by atoms with Crippen LogP contribution in [0.2, 0.25) is 0 Å². The molecule has 0 radical (unpaired) electrons. The lowest BCUT2D eigenvalue weighted by molar-refractivity contribution is -0.154. The highest BCUT2D eigenvalue weighted by atomic mass is 16.5. The van der Waals surface area contributed by atoms with Gasteiger partial charge in [0, 0.05) is 31.6 Å². The quantitative estimate of drug-likeness (QED) is 0.586. The number of carbonyl (C=O) groups excluding carboxylic acids is 4. The lowest BCUT2D eigenvalue weighted by Gasteiger charge is -2.33. The van der Waals surface area contributed by atoms with Gasteiger partial charge in [-0.2, -0.15) is 0 Å². The topological polar surface area (TPSA) is 105 Å². The van der Waals surface area contributed by atoms with Gasteiger partial charge < -0.3 is 9.47 Å². The van der Waals surface area contributed by atoms with Crippen LogP contribution in [0.4, 0.5) is 0 Å². The average Bonchev–Trinajstić information content (AvgIpc) is 3.32. The molecule has 6 rings (SSSR count). The van der Waals surface area contributed by atoms with Gasteiger partial charge in [-0.1, -0.05) is 42.5 Å². The first-order valence-electron chi connectivity index (χ1n) is 13.0. The molecule has 194 valence electrons. The van der Waals surface area contributed by atoms with Crippen LogP contribution in [0.5, 0.6) is 0 Å². The van der Waals surface area contributed by atoms with Gasteiger partial charge in [-0.05, 0) is 37.3 Å². The lowest BCUT2D eigenvalue weighted by Crippen LogP contribution is -2.55. The number of piperidine rings is 1. The average molecular weight is 506 g/mol. The van der Waals surface area contributed by atoms with E-state index < -0.39 is 41.2 Å². The number of ether oxygens (including phenoxy) is 2. The standard InChI is InChI=1S/C28H31N3O6/c1-28-21(26(34)31(27(28)35)22-11-12-24(32)29-25(22)33)3-2-4-23(28)36-16-18-7-5-17(6-8-18)13-30-14-19-9-10-20(15-30)37-19/h2-8,19-20,22-23H,9-16H2,1H3,(H,29,32,33). The molecule has 0 spiro atoms. The summed E-state index contributed by atoms with van der Waals surface area (Å²) in [5.41, 5.74) is 1.28. The zero-order chi connectivity index (χ0) is 25.7. The van der Waals surface area contributed by atoms with Crippen molar-refractivity contribution in [2.24, 2.45) is 5.41 Å². The number of nitrogens with zero attached hydrogens (tertiary/aromatic N) is 2. The first kappa shape index (κ1) is 24.2. The maximum Gasteiger partial charge on any atom is 0.258 e. The largest absolute Gasteiger partial charge is 0.372 e. The zero-order valence-electron chi connectivity index (χ0n) is 20.9. The minimum Gasteiger partial charge on any atom is -0.372 e. The molecule has 4 aliphatic heterocycles. The number of morpholine rings is 1. The molecular formula is C28H31N3O6. The minimum atomic E-state index is -1.23. The number of carbonyl (C=O) groups is 4. The van der Waals surface area contributed by atoms with Gasteiger partial charge >= 0.3 is 0 Å². The highest BCUT2D eigenvalue weighted by Gasteiger charge is 2.60. The molecule has 1 aliphatic carbocycles. The van der Waals surface area contributed by atoms with Crippen molar-refractivity contribution in [3.05, 3.63) is 59.2 Å². The van der Waals surface area contributed by atoms with Crippen LogP contribution in [-0.4, -0.2) is 70.9 Å². The van der Waals surface area contributed by atoms with E-state index in [9.17, 15) is 19.2 Å². The van der Waals surface area contributed by atoms with Crippen molar-refractivity contribution < 1.29 is 28.7 Å². The summed E-state index contributed by atoms with van der Waals surface area (Å²) in [6.07, 6.45) is 7.72. The Morgan fingerprint density at radius 3 is 2.43 bits per heavy atom.